The minimum atomic E-state index is 1.02. The molecule has 0 fully saturated rings. The van der Waals surface area contributed by atoms with Crippen molar-refractivity contribution in [1.29, 1.82) is 0 Å². The van der Waals surface area contributed by atoms with Gasteiger partial charge >= 0.3 is 0 Å². The Morgan fingerprint density at radius 3 is 3.00 bits per heavy atom. The number of nitrogens with zero attached hydrogens (tertiary/aromatic N) is 1. The third-order valence-corrected chi connectivity index (χ3v) is 1.48. The third-order valence-electron chi connectivity index (χ3n) is 1.48. The van der Waals surface area contributed by atoms with Crippen LogP contribution in [0.4, 0.5) is 0 Å². The summed E-state index contributed by atoms with van der Waals surface area (Å²) in [6.07, 6.45) is 9.51. The second kappa shape index (κ2) is 4.12. The first kappa shape index (κ1) is 7.35. The van der Waals surface area contributed by atoms with E-state index in [1.807, 2.05) is 19.2 Å². The highest BCUT2D eigenvalue weighted by Gasteiger charge is 2.00. The fraction of sp³-hybridized carbons (Fsp3) is 0.500. The molecule has 2 nitrogen and oxygen atoms in total. The third kappa shape index (κ3) is 2.23. The van der Waals surface area contributed by atoms with E-state index in [9.17, 15) is 0 Å². The fourth-order valence-corrected chi connectivity index (χ4v) is 0.938. The van der Waals surface area contributed by atoms with Crippen molar-refractivity contribution in [3.05, 3.63) is 24.4 Å². The first-order chi connectivity index (χ1) is 4.93. The number of hydrogen-bond donors (Lipinski definition) is 1. The van der Waals surface area contributed by atoms with Gasteiger partial charge in [0.1, 0.15) is 0 Å². The maximum Gasteiger partial charge on any atom is 0.0359 e. The SMILES string of the molecule is C/C=C\NN1CC=CCC1. The lowest BCUT2D eigenvalue weighted by Crippen LogP contribution is -2.36. The van der Waals surface area contributed by atoms with Crippen molar-refractivity contribution in [2.45, 2.75) is 13.3 Å². The lowest BCUT2D eigenvalue weighted by atomic mass is 10.3. The van der Waals surface area contributed by atoms with E-state index in [-0.39, 0.29) is 0 Å². The van der Waals surface area contributed by atoms with Crippen molar-refractivity contribution in [2.75, 3.05) is 13.1 Å². The summed E-state index contributed by atoms with van der Waals surface area (Å²) in [7, 11) is 0. The zero-order valence-electron chi connectivity index (χ0n) is 6.38. The van der Waals surface area contributed by atoms with Gasteiger partial charge in [0, 0.05) is 19.3 Å². The summed E-state index contributed by atoms with van der Waals surface area (Å²) in [5.74, 6) is 0. The summed E-state index contributed by atoms with van der Waals surface area (Å²) >= 11 is 0. The number of nitrogens with one attached hydrogen (secondary N) is 1. The van der Waals surface area contributed by atoms with Crippen molar-refractivity contribution in [2.24, 2.45) is 0 Å². The van der Waals surface area contributed by atoms with Gasteiger partial charge in [-0.05, 0) is 13.3 Å². The largest absolute Gasteiger partial charge is 0.326 e. The van der Waals surface area contributed by atoms with Gasteiger partial charge in [0.15, 0.2) is 0 Å². The van der Waals surface area contributed by atoms with Crippen molar-refractivity contribution in [3.63, 3.8) is 0 Å². The van der Waals surface area contributed by atoms with Gasteiger partial charge in [0.25, 0.3) is 0 Å². The van der Waals surface area contributed by atoms with E-state index < -0.39 is 0 Å². The molecule has 0 aromatic carbocycles. The molecule has 1 aliphatic heterocycles. The van der Waals surface area contributed by atoms with E-state index in [0.717, 1.165) is 19.5 Å². The van der Waals surface area contributed by atoms with Gasteiger partial charge in [-0.1, -0.05) is 18.2 Å². The Hall–Kier alpha value is -0.760. The Labute approximate surface area is 62.2 Å². The van der Waals surface area contributed by atoms with Crippen LogP contribution in [0.1, 0.15) is 13.3 Å². The maximum atomic E-state index is 3.17. The molecule has 0 saturated heterocycles. The molecule has 1 rings (SSSR count). The molecule has 0 spiro atoms. The minimum Gasteiger partial charge on any atom is -0.326 e. The van der Waals surface area contributed by atoms with E-state index >= 15 is 0 Å². The summed E-state index contributed by atoms with van der Waals surface area (Å²) in [6.45, 7) is 4.14. The molecule has 0 bridgehead atoms. The molecule has 2 heteroatoms. The summed E-state index contributed by atoms with van der Waals surface area (Å²) in [4.78, 5) is 0. The second-order valence-corrected chi connectivity index (χ2v) is 2.34. The zero-order valence-corrected chi connectivity index (χ0v) is 6.38. The minimum absolute atomic E-state index is 1.02. The van der Waals surface area contributed by atoms with Crippen molar-refractivity contribution in [1.82, 2.24) is 10.4 Å². The monoisotopic (exact) mass is 138 g/mol. The van der Waals surface area contributed by atoms with Gasteiger partial charge in [0.2, 0.25) is 0 Å². The molecule has 0 aliphatic carbocycles. The molecule has 1 N–H and O–H groups in total. The van der Waals surface area contributed by atoms with Crippen LogP contribution in [0.5, 0.6) is 0 Å². The predicted octanol–water partition coefficient (Wildman–Crippen LogP) is 1.29. The summed E-state index contributed by atoms with van der Waals surface area (Å²) in [6, 6.07) is 0. The Morgan fingerprint density at radius 1 is 1.50 bits per heavy atom. The number of hydrogen-bond acceptors (Lipinski definition) is 2. The number of allylic oxidation sites excluding steroid dienone is 1. The van der Waals surface area contributed by atoms with E-state index in [2.05, 4.69) is 22.6 Å². The molecule has 0 radical (unpaired) electrons. The normalized spacial score (nSPS) is 20.1. The van der Waals surface area contributed by atoms with E-state index in [1.54, 1.807) is 0 Å². The van der Waals surface area contributed by atoms with Crippen LogP contribution in [-0.4, -0.2) is 18.1 Å². The number of hydrazine groups is 1. The van der Waals surface area contributed by atoms with E-state index in [0.29, 0.717) is 0 Å². The van der Waals surface area contributed by atoms with Crippen molar-refractivity contribution < 1.29 is 0 Å². The zero-order chi connectivity index (χ0) is 7.23. The highest BCUT2D eigenvalue weighted by Crippen LogP contribution is 1.96. The molecule has 0 amide bonds. The van der Waals surface area contributed by atoms with Crippen LogP contribution in [0.3, 0.4) is 0 Å². The molecular formula is C8H14N2. The Kier molecular flexibility index (Phi) is 3.03. The maximum absolute atomic E-state index is 3.17. The lowest BCUT2D eigenvalue weighted by Gasteiger charge is -2.22. The standard InChI is InChI=1S/C8H14N2/c1-2-6-9-10-7-4-3-5-8-10/h2-4,6,9H,5,7-8H2,1H3/b6-2-. The Balaban J connectivity index is 2.22. The smallest absolute Gasteiger partial charge is 0.0359 e. The quantitative estimate of drug-likeness (QED) is 0.578. The predicted molar refractivity (Wildman–Crippen MR) is 43.3 cm³/mol. The highest BCUT2D eigenvalue weighted by molar-refractivity contribution is 4.90. The molecule has 1 heterocycles. The lowest BCUT2D eigenvalue weighted by molar-refractivity contribution is 0.243. The Morgan fingerprint density at radius 2 is 2.40 bits per heavy atom. The molecule has 10 heavy (non-hydrogen) atoms. The van der Waals surface area contributed by atoms with Crippen LogP contribution in [-0.2, 0) is 0 Å². The summed E-state index contributed by atoms with van der Waals surface area (Å²) in [5, 5.41) is 2.18. The second-order valence-electron chi connectivity index (χ2n) is 2.34. The molecule has 0 aromatic rings. The first-order valence-electron chi connectivity index (χ1n) is 3.71. The van der Waals surface area contributed by atoms with Crippen LogP contribution >= 0.6 is 0 Å². The molecule has 0 saturated carbocycles. The van der Waals surface area contributed by atoms with Crippen LogP contribution in [0.25, 0.3) is 0 Å². The van der Waals surface area contributed by atoms with E-state index in [4.69, 9.17) is 0 Å². The van der Waals surface area contributed by atoms with Crippen LogP contribution in [0, 0.1) is 0 Å². The van der Waals surface area contributed by atoms with Crippen LogP contribution < -0.4 is 5.43 Å². The molecular weight excluding hydrogens is 124 g/mol. The molecule has 0 aromatic heterocycles. The van der Waals surface area contributed by atoms with Gasteiger partial charge in [-0.2, -0.15) is 0 Å². The van der Waals surface area contributed by atoms with Crippen molar-refractivity contribution in [3.8, 4) is 0 Å². The van der Waals surface area contributed by atoms with Gasteiger partial charge in [-0.25, -0.2) is 5.01 Å². The number of rotatable bonds is 2. The summed E-state index contributed by atoms with van der Waals surface area (Å²) in [5.41, 5.74) is 3.17. The van der Waals surface area contributed by atoms with Gasteiger partial charge < -0.3 is 5.43 Å². The molecule has 1 aliphatic rings. The van der Waals surface area contributed by atoms with Gasteiger partial charge in [-0.3, -0.25) is 0 Å². The van der Waals surface area contributed by atoms with E-state index in [1.165, 1.54) is 0 Å². The molecule has 0 atom stereocenters. The first-order valence-corrected chi connectivity index (χ1v) is 3.71. The average molecular weight is 138 g/mol. The average Bonchev–Trinajstić information content (AvgIpc) is 2.03. The van der Waals surface area contributed by atoms with Crippen LogP contribution in [0.15, 0.2) is 24.4 Å². The van der Waals surface area contributed by atoms with Crippen LogP contribution in [0.2, 0.25) is 0 Å². The fourth-order valence-electron chi connectivity index (χ4n) is 0.938. The van der Waals surface area contributed by atoms with Gasteiger partial charge in [-0.15, -0.1) is 0 Å². The molecule has 56 valence electrons. The molecule has 0 unspecified atom stereocenters. The van der Waals surface area contributed by atoms with Gasteiger partial charge in [0.05, 0.1) is 0 Å². The Bertz CT molecular complexity index is 138. The summed E-state index contributed by atoms with van der Waals surface area (Å²) < 4.78 is 0. The van der Waals surface area contributed by atoms with Crippen molar-refractivity contribution >= 4 is 0 Å². The topological polar surface area (TPSA) is 15.3 Å². The highest BCUT2D eigenvalue weighted by atomic mass is 15.5.